The third kappa shape index (κ3) is 1.53. The number of methoxy groups -OCH3 is 1. The maximum Gasteiger partial charge on any atom is 0.326 e. The van der Waals surface area contributed by atoms with Crippen molar-refractivity contribution in [1.29, 1.82) is 5.26 Å². The molecule has 0 aromatic carbocycles. The standard InChI is InChI=1S/C10H15NO2/c1-8-5-3-4-6-10(8,7-11)9(12)13-2/h8H,3-6H2,1-2H3. The number of ether oxygens (including phenoxy) is 1. The quantitative estimate of drug-likeness (QED) is 0.580. The molecule has 3 nitrogen and oxygen atoms in total. The average Bonchev–Trinajstić information content (AvgIpc) is 2.18. The number of carbonyl (C=O) groups is 1. The maximum atomic E-state index is 11.5. The fourth-order valence-corrected chi connectivity index (χ4v) is 2.04. The van der Waals surface area contributed by atoms with Crippen LogP contribution in [-0.2, 0) is 9.53 Å². The maximum absolute atomic E-state index is 11.5. The molecule has 1 aliphatic carbocycles. The van der Waals surface area contributed by atoms with E-state index in [0.29, 0.717) is 6.42 Å². The van der Waals surface area contributed by atoms with Crippen molar-refractivity contribution in [3.05, 3.63) is 0 Å². The Bertz CT molecular complexity index is 244. The van der Waals surface area contributed by atoms with Gasteiger partial charge in [0.2, 0.25) is 0 Å². The first-order valence-corrected chi connectivity index (χ1v) is 4.67. The largest absolute Gasteiger partial charge is 0.468 e. The van der Waals surface area contributed by atoms with Crippen LogP contribution in [0.15, 0.2) is 0 Å². The second kappa shape index (κ2) is 3.78. The molecule has 1 saturated carbocycles. The molecule has 0 bridgehead atoms. The number of esters is 1. The summed E-state index contributed by atoms with van der Waals surface area (Å²) >= 11 is 0. The van der Waals surface area contributed by atoms with E-state index >= 15 is 0 Å². The smallest absolute Gasteiger partial charge is 0.326 e. The van der Waals surface area contributed by atoms with Crippen molar-refractivity contribution in [2.45, 2.75) is 32.6 Å². The Morgan fingerprint density at radius 2 is 2.31 bits per heavy atom. The van der Waals surface area contributed by atoms with E-state index in [9.17, 15) is 4.79 Å². The first kappa shape index (κ1) is 10.0. The summed E-state index contributed by atoms with van der Waals surface area (Å²) in [6, 6.07) is 2.14. The van der Waals surface area contributed by atoms with Gasteiger partial charge in [-0.2, -0.15) is 5.26 Å². The van der Waals surface area contributed by atoms with Gasteiger partial charge in [-0.1, -0.05) is 19.8 Å². The van der Waals surface area contributed by atoms with E-state index in [-0.39, 0.29) is 11.9 Å². The lowest BCUT2D eigenvalue weighted by Crippen LogP contribution is -2.39. The second-order valence-corrected chi connectivity index (χ2v) is 3.72. The summed E-state index contributed by atoms with van der Waals surface area (Å²) in [6.45, 7) is 1.96. The summed E-state index contributed by atoms with van der Waals surface area (Å²) in [5.74, 6) is -0.235. The molecule has 2 unspecified atom stereocenters. The molecule has 0 saturated heterocycles. The molecule has 13 heavy (non-hydrogen) atoms. The number of carbonyl (C=O) groups excluding carboxylic acids is 1. The second-order valence-electron chi connectivity index (χ2n) is 3.72. The van der Waals surface area contributed by atoms with E-state index in [0.717, 1.165) is 19.3 Å². The van der Waals surface area contributed by atoms with Crippen LogP contribution in [0.2, 0.25) is 0 Å². The zero-order chi connectivity index (χ0) is 9.90. The predicted octanol–water partition coefficient (Wildman–Crippen LogP) is 1.88. The molecule has 0 radical (unpaired) electrons. The monoisotopic (exact) mass is 181 g/mol. The molecular formula is C10H15NO2. The summed E-state index contributed by atoms with van der Waals surface area (Å²) < 4.78 is 4.69. The Morgan fingerprint density at radius 3 is 2.77 bits per heavy atom. The van der Waals surface area contributed by atoms with E-state index in [1.54, 1.807) is 0 Å². The molecular weight excluding hydrogens is 166 g/mol. The van der Waals surface area contributed by atoms with E-state index in [2.05, 4.69) is 6.07 Å². The summed E-state index contributed by atoms with van der Waals surface area (Å²) in [5.41, 5.74) is -0.868. The first-order valence-electron chi connectivity index (χ1n) is 4.67. The molecule has 0 heterocycles. The number of hydrogen-bond donors (Lipinski definition) is 0. The van der Waals surface area contributed by atoms with Crippen LogP contribution >= 0.6 is 0 Å². The van der Waals surface area contributed by atoms with Crippen molar-refractivity contribution in [1.82, 2.24) is 0 Å². The fraction of sp³-hybridized carbons (Fsp3) is 0.800. The van der Waals surface area contributed by atoms with E-state index in [4.69, 9.17) is 10.00 Å². The SMILES string of the molecule is COC(=O)C1(C#N)CCCCC1C. The highest BCUT2D eigenvalue weighted by Gasteiger charge is 2.46. The number of nitriles is 1. The highest BCUT2D eigenvalue weighted by Crippen LogP contribution is 2.41. The van der Waals surface area contributed by atoms with Gasteiger partial charge in [-0.15, -0.1) is 0 Å². The molecule has 0 amide bonds. The van der Waals surface area contributed by atoms with Gasteiger partial charge < -0.3 is 4.74 Å². The van der Waals surface area contributed by atoms with Crippen LogP contribution in [0.1, 0.15) is 32.6 Å². The molecule has 3 heteroatoms. The van der Waals surface area contributed by atoms with Crippen molar-refractivity contribution in [2.75, 3.05) is 7.11 Å². The summed E-state index contributed by atoms with van der Waals surface area (Å²) in [5, 5.41) is 9.06. The normalized spacial score (nSPS) is 33.5. The molecule has 72 valence electrons. The van der Waals surface area contributed by atoms with Crippen LogP contribution in [0.3, 0.4) is 0 Å². The zero-order valence-electron chi connectivity index (χ0n) is 8.17. The Labute approximate surface area is 78.7 Å². The topological polar surface area (TPSA) is 50.1 Å². The van der Waals surface area contributed by atoms with Crippen LogP contribution < -0.4 is 0 Å². The van der Waals surface area contributed by atoms with Crippen molar-refractivity contribution in [2.24, 2.45) is 11.3 Å². The number of hydrogen-bond acceptors (Lipinski definition) is 3. The molecule has 1 rings (SSSR count). The lowest BCUT2D eigenvalue weighted by Gasteiger charge is -2.33. The van der Waals surface area contributed by atoms with Crippen molar-refractivity contribution in [3.63, 3.8) is 0 Å². The molecule has 0 aromatic heterocycles. The Hall–Kier alpha value is -1.04. The summed E-state index contributed by atoms with van der Waals surface area (Å²) in [7, 11) is 1.35. The van der Waals surface area contributed by atoms with E-state index in [1.807, 2.05) is 6.92 Å². The summed E-state index contributed by atoms with van der Waals surface area (Å²) in [4.78, 5) is 11.5. The van der Waals surface area contributed by atoms with E-state index < -0.39 is 5.41 Å². The van der Waals surface area contributed by atoms with Gasteiger partial charge >= 0.3 is 5.97 Å². The molecule has 0 aliphatic heterocycles. The van der Waals surface area contributed by atoms with Gasteiger partial charge in [0.15, 0.2) is 5.41 Å². The highest BCUT2D eigenvalue weighted by atomic mass is 16.5. The highest BCUT2D eigenvalue weighted by molar-refractivity contribution is 5.80. The third-order valence-corrected chi connectivity index (χ3v) is 3.05. The lowest BCUT2D eigenvalue weighted by molar-refractivity contribution is -0.153. The minimum absolute atomic E-state index is 0.124. The minimum Gasteiger partial charge on any atom is -0.468 e. The van der Waals surface area contributed by atoms with Crippen LogP contribution in [-0.4, -0.2) is 13.1 Å². The van der Waals surface area contributed by atoms with Crippen LogP contribution in [0, 0.1) is 22.7 Å². The first-order chi connectivity index (χ1) is 6.17. The van der Waals surface area contributed by atoms with Crippen molar-refractivity contribution < 1.29 is 9.53 Å². The Balaban J connectivity index is 2.90. The zero-order valence-corrected chi connectivity index (χ0v) is 8.17. The van der Waals surface area contributed by atoms with Gasteiger partial charge in [-0.25, -0.2) is 0 Å². The molecule has 0 spiro atoms. The third-order valence-electron chi connectivity index (χ3n) is 3.05. The van der Waals surface area contributed by atoms with Crippen LogP contribution in [0.25, 0.3) is 0 Å². The molecule has 0 aromatic rings. The molecule has 0 N–H and O–H groups in total. The predicted molar refractivity (Wildman–Crippen MR) is 47.7 cm³/mol. The lowest BCUT2D eigenvalue weighted by atomic mass is 9.68. The van der Waals surface area contributed by atoms with Gasteiger partial charge in [0.05, 0.1) is 13.2 Å². The number of rotatable bonds is 1. The average molecular weight is 181 g/mol. The van der Waals surface area contributed by atoms with Crippen molar-refractivity contribution >= 4 is 5.97 Å². The fourth-order valence-electron chi connectivity index (χ4n) is 2.04. The molecule has 1 aliphatic rings. The van der Waals surface area contributed by atoms with Gasteiger partial charge in [0, 0.05) is 0 Å². The Kier molecular flexibility index (Phi) is 2.92. The van der Waals surface area contributed by atoms with E-state index in [1.165, 1.54) is 7.11 Å². The Morgan fingerprint density at radius 1 is 1.62 bits per heavy atom. The van der Waals surface area contributed by atoms with Crippen LogP contribution in [0.5, 0.6) is 0 Å². The summed E-state index contributed by atoms with van der Waals surface area (Å²) in [6.07, 6.45) is 3.66. The van der Waals surface area contributed by atoms with Gasteiger partial charge in [-0.3, -0.25) is 4.79 Å². The van der Waals surface area contributed by atoms with Crippen molar-refractivity contribution in [3.8, 4) is 6.07 Å². The molecule has 1 fully saturated rings. The molecule has 2 atom stereocenters. The van der Waals surface area contributed by atoms with Gasteiger partial charge in [0.25, 0.3) is 0 Å². The van der Waals surface area contributed by atoms with Gasteiger partial charge in [-0.05, 0) is 18.8 Å². The number of nitrogens with zero attached hydrogens (tertiary/aromatic N) is 1. The van der Waals surface area contributed by atoms with Gasteiger partial charge in [0.1, 0.15) is 0 Å². The van der Waals surface area contributed by atoms with Crippen LogP contribution in [0.4, 0.5) is 0 Å². The minimum atomic E-state index is -0.868.